The molecule has 104 valence electrons. The molecule has 5 unspecified atom stereocenters. The van der Waals surface area contributed by atoms with Crippen molar-refractivity contribution in [3.63, 3.8) is 0 Å². The van der Waals surface area contributed by atoms with Gasteiger partial charge in [0.1, 0.15) is 0 Å². The van der Waals surface area contributed by atoms with Crippen molar-refractivity contribution >= 4 is 0 Å². The van der Waals surface area contributed by atoms with E-state index in [0.717, 1.165) is 30.0 Å². The van der Waals surface area contributed by atoms with Gasteiger partial charge in [-0.15, -0.1) is 0 Å². The Morgan fingerprint density at radius 2 is 2.00 bits per heavy atom. The van der Waals surface area contributed by atoms with Gasteiger partial charge in [0.2, 0.25) is 0 Å². The van der Waals surface area contributed by atoms with E-state index in [-0.39, 0.29) is 0 Å². The Morgan fingerprint density at radius 3 is 2.89 bits per heavy atom. The lowest BCUT2D eigenvalue weighted by Crippen LogP contribution is -2.52. The van der Waals surface area contributed by atoms with E-state index in [1.54, 1.807) is 0 Å². The average molecular weight is 250 g/mol. The third-order valence-corrected chi connectivity index (χ3v) is 5.45. The second-order valence-electron chi connectivity index (χ2n) is 6.89. The van der Waals surface area contributed by atoms with E-state index in [4.69, 9.17) is 0 Å². The summed E-state index contributed by atoms with van der Waals surface area (Å²) in [5.41, 5.74) is 0. The normalized spacial score (nSPS) is 43.5. The lowest BCUT2D eigenvalue weighted by Gasteiger charge is -2.40. The zero-order valence-electron chi connectivity index (χ0n) is 12.0. The van der Waals surface area contributed by atoms with Gasteiger partial charge in [0, 0.05) is 24.7 Å². The predicted molar refractivity (Wildman–Crippen MR) is 76.7 cm³/mol. The van der Waals surface area contributed by atoms with Crippen LogP contribution in [0.5, 0.6) is 0 Å². The summed E-state index contributed by atoms with van der Waals surface area (Å²) in [5.74, 6) is 2.00. The molecule has 0 radical (unpaired) electrons. The first-order valence-electron chi connectivity index (χ1n) is 8.36. The summed E-state index contributed by atoms with van der Waals surface area (Å²) < 4.78 is 0. The Balaban J connectivity index is 1.37. The average Bonchev–Trinajstić information content (AvgIpc) is 3.15. The van der Waals surface area contributed by atoms with Crippen LogP contribution in [0.1, 0.15) is 64.7 Å². The van der Waals surface area contributed by atoms with E-state index >= 15 is 0 Å². The van der Waals surface area contributed by atoms with Crippen molar-refractivity contribution < 1.29 is 0 Å². The first kappa shape index (κ1) is 12.9. The molecular weight excluding hydrogens is 220 g/mol. The van der Waals surface area contributed by atoms with Crippen LogP contribution in [-0.4, -0.2) is 24.7 Å². The van der Waals surface area contributed by atoms with Gasteiger partial charge in [-0.25, -0.2) is 0 Å². The molecule has 3 aliphatic rings. The van der Waals surface area contributed by atoms with Crippen LogP contribution < -0.4 is 10.6 Å². The summed E-state index contributed by atoms with van der Waals surface area (Å²) in [6, 6.07) is 2.47. The van der Waals surface area contributed by atoms with Gasteiger partial charge in [0.05, 0.1) is 0 Å². The van der Waals surface area contributed by atoms with Crippen LogP contribution in [-0.2, 0) is 0 Å². The maximum atomic E-state index is 3.92. The lowest BCUT2D eigenvalue weighted by atomic mass is 9.78. The minimum absolute atomic E-state index is 0.757. The molecule has 2 heteroatoms. The summed E-state index contributed by atoms with van der Waals surface area (Å²) in [6.45, 7) is 3.52. The van der Waals surface area contributed by atoms with Crippen molar-refractivity contribution in [2.75, 3.05) is 6.54 Å². The van der Waals surface area contributed by atoms with E-state index in [2.05, 4.69) is 17.6 Å². The Hall–Kier alpha value is -0.0800. The number of nitrogens with one attached hydrogen (secondary N) is 2. The highest BCUT2D eigenvalue weighted by Gasteiger charge is 2.37. The predicted octanol–water partition coefficient (Wildman–Crippen LogP) is 3.08. The summed E-state index contributed by atoms with van der Waals surface area (Å²) in [4.78, 5) is 0. The number of piperidine rings is 1. The molecule has 0 amide bonds. The fraction of sp³-hybridized carbons (Fsp3) is 1.00. The highest BCUT2D eigenvalue weighted by molar-refractivity contribution is 4.95. The number of hydrogen-bond acceptors (Lipinski definition) is 2. The van der Waals surface area contributed by atoms with Gasteiger partial charge in [0.15, 0.2) is 0 Å². The maximum Gasteiger partial charge on any atom is 0.0195 e. The smallest absolute Gasteiger partial charge is 0.0195 e. The van der Waals surface area contributed by atoms with Crippen LogP contribution >= 0.6 is 0 Å². The summed E-state index contributed by atoms with van der Waals surface area (Å²) in [7, 11) is 0. The Morgan fingerprint density at radius 1 is 1.11 bits per heavy atom. The molecule has 1 heterocycles. The van der Waals surface area contributed by atoms with Crippen molar-refractivity contribution in [3.05, 3.63) is 0 Å². The topological polar surface area (TPSA) is 24.1 Å². The SMILES string of the molecule is CCCC1CC1NCC1CCC2CCCCC2N1. The molecule has 2 nitrogen and oxygen atoms in total. The fourth-order valence-corrected chi connectivity index (χ4v) is 4.22. The maximum absolute atomic E-state index is 3.92. The Labute approximate surface area is 112 Å². The number of hydrogen-bond donors (Lipinski definition) is 2. The highest BCUT2D eigenvalue weighted by atomic mass is 15.1. The van der Waals surface area contributed by atoms with Crippen molar-refractivity contribution in [3.8, 4) is 0 Å². The summed E-state index contributed by atoms with van der Waals surface area (Å²) in [5, 5.41) is 7.72. The Kier molecular flexibility index (Phi) is 4.25. The van der Waals surface area contributed by atoms with E-state index < -0.39 is 0 Å². The van der Waals surface area contributed by atoms with E-state index in [0.29, 0.717) is 0 Å². The van der Waals surface area contributed by atoms with Gasteiger partial charge in [-0.05, 0) is 50.4 Å². The van der Waals surface area contributed by atoms with Crippen LogP contribution in [0.4, 0.5) is 0 Å². The molecule has 18 heavy (non-hydrogen) atoms. The summed E-state index contributed by atoms with van der Waals surface area (Å²) in [6.07, 6.45) is 13.0. The zero-order chi connectivity index (χ0) is 12.4. The molecule has 2 aliphatic carbocycles. The van der Waals surface area contributed by atoms with Crippen molar-refractivity contribution in [1.82, 2.24) is 10.6 Å². The molecule has 0 aromatic carbocycles. The minimum Gasteiger partial charge on any atom is -0.312 e. The van der Waals surface area contributed by atoms with Gasteiger partial charge in [-0.3, -0.25) is 0 Å². The second kappa shape index (κ2) is 5.92. The van der Waals surface area contributed by atoms with Crippen LogP contribution in [0.25, 0.3) is 0 Å². The molecule has 0 bridgehead atoms. The van der Waals surface area contributed by atoms with Gasteiger partial charge in [0.25, 0.3) is 0 Å². The van der Waals surface area contributed by atoms with Gasteiger partial charge in [-0.2, -0.15) is 0 Å². The largest absolute Gasteiger partial charge is 0.312 e. The first-order chi connectivity index (χ1) is 8.86. The van der Waals surface area contributed by atoms with Gasteiger partial charge in [-0.1, -0.05) is 26.2 Å². The molecule has 2 saturated carbocycles. The van der Waals surface area contributed by atoms with E-state index in [9.17, 15) is 0 Å². The quantitative estimate of drug-likeness (QED) is 0.783. The van der Waals surface area contributed by atoms with Crippen molar-refractivity contribution in [2.45, 2.75) is 82.8 Å². The first-order valence-corrected chi connectivity index (χ1v) is 8.36. The van der Waals surface area contributed by atoms with Crippen LogP contribution in [0.2, 0.25) is 0 Å². The Bertz CT molecular complexity index is 266. The number of rotatable bonds is 5. The van der Waals surface area contributed by atoms with Gasteiger partial charge < -0.3 is 10.6 Å². The van der Waals surface area contributed by atoms with E-state index in [1.807, 2.05) is 0 Å². The lowest BCUT2D eigenvalue weighted by molar-refractivity contribution is 0.174. The van der Waals surface area contributed by atoms with E-state index in [1.165, 1.54) is 64.3 Å². The number of fused-ring (bicyclic) bond motifs is 1. The monoisotopic (exact) mass is 250 g/mol. The summed E-state index contributed by atoms with van der Waals surface area (Å²) >= 11 is 0. The molecule has 0 aromatic heterocycles. The molecule has 1 aliphatic heterocycles. The molecule has 5 atom stereocenters. The standard InChI is InChI=1S/C16H30N2/c1-2-5-13-10-16(13)17-11-14-9-8-12-6-3-4-7-15(12)18-14/h12-18H,2-11H2,1H3. The molecule has 1 saturated heterocycles. The van der Waals surface area contributed by atoms with Gasteiger partial charge >= 0.3 is 0 Å². The van der Waals surface area contributed by atoms with Crippen LogP contribution in [0.15, 0.2) is 0 Å². The van der Waals surface area contributed by atoms with Crippen molar-refractivity contribution in [2.24, 2.45) is 11.8 Å². The third-order valence-electron chi connectivity index (χ3n) is 5.45. The molecule has 3 fully saturated rings. The molecular formula is C16H30N2. The highest BCUT2D eigenvalue weighted by Crippen LogP contribution is 2.35. The third kappa shape index (κ3) is 3.08. The second-order valence-corrected chi connectivity index (χ2v) is 6.89. The fourth-order valence-electron chi connectivity index (χ4n) is 4.22. The van der Waals surface area contributed by atoms with Crippen LogP contribution in [0.3, 0.4) is 0 Å². The molecule has 0 aromatic rings. The molecule has 2 N–H and O–H groups in total. The van der Waals surface area contributed by atoms with Crippen LogP contribution in [0, 0.1) is 11.8 Å². The zero-order valence-corrected chi connectivity index (χ0v) is 12.0. The molecule has 0 spiro atoms. The van der Waals surface area contributed by atoms with Crippen molar-refractivity contribution in [1.29, 1.82) is 0 Å². The molecule has 3 rings (SSSR count). The minimum atomic E-state index is 0.757.